The van der Waals surface area contributed by atoms with Crippen LogP contribution in [0.4, 0.5) is 13.2 Å². The van der Waals surface area contributed by atoms with Crippen molar-refractivity contribution in [3.63, 3.8) is 0 Å². The third kappa shape index (κ3) is 3.43. The predicted octanol–water partition coefficient (Wildman–Crippen LogP) is 2.54. The average Bonchev–Trinajstić information content (AvgIpc) is 2.44. The van der Waals surface area contributed by atoms with Gasteiger partial charge in [-0.3, -0.25) is 0 Å². The van der Waals surface area contributed by atoms with Crippen LogP contribution >= 0.6 is 0 Å². The first-order chi connectivity index (χ1) is 9.99. The lowest BCUT2D eigenvalue weighted by Gasteiger charge is -2.31. The first kappa shape index (κ1) is 15.5. The highest BCUT2D eigenvalue weighted by Crippen LogP contribution is 2.28. The summed E-state index contributed by atoms with van der Waals surface area (Å²) in [5.74, 6) is -1.86. The van der Waals surface area contributed by atoms with E-state index in [1.165, 1.54) is 30.3 Å². The lowest BCUT2D eigenvalue weighted by atomic mass is 9.76. The molecule has 3 N–H and O–H groups in total. The van der Waals surface area contributed by atoms with Crippen molar-refractivity contribution in [1.82, 2.24) is 0 Å². The molecule has 0 fully saturated rings. The minimum absolute atomic E-state index is 0.0189. The van der Waals surface area contributed by atoms with Crippen LogP contribution in [-0.4, -0.2) is 18.3 Å². The van der Waals surface area contributed by atoms with Crippen molar-refractivity contribution in [2.75, 3.05) is 13.2 Å². The van der Waals surface area contributed by atoms with Gasteiger partial charge in [0.25, 0.3) is 0 Å². The van der Waals surface area contributed by atoms with Crippen molar-refractivity contribution < 1.29 is 18.3 Å². The van der Waals surface area contributed by atoms with E-state index in [1.54, 1.807) is 6.07 Å². The minimum atomic E-state index is -0.984. The van der Waals surface area contributed by atoms with Crippen LogP contribution in [0.3, 0.4) is 0 Å². The Morgan fingerprint density at radius 1 is 0.952 bits per heavy atom. The zero-order valence-corrected chi connectivity index (χ0v) is 11.3. The number of nitrogens with two attached hydrogens (primary N) is 1. The standard InChI is InChI=1S/C16H16F3NO/c17-13-3-1-2-12(6-13)16(9-20,10-21)8-11-4-14(18)7-15(19)5-11/h1-7,21H,8-10,20H2. The molecule has 21 heavy (non-hydrogen) atoms. The predicted molar refractivity (Wildman–Crippen MR) is 74.3 cm³/mol. The Balaban J connectivity index is 2.42. The van der Waals surface area contributed by atoms with Gasteiger partial charge in [-0.25, -0.2) is 13.2 Å². The van der Waals surface area contributed by atoms with Crippen LogP contribution in [0.25, 0.3) is 0 Å². The number of halogens is 3. The van der Waals surface area contributed by atoms with Gasteiger partial charge in [0.05, 0.1) is 6.61 Å². The molecular weight excluding hydrogens is 279 g/mol. The molecular formula is C16H16F3NO. The van der Waals surface area contributed by atoms with E-state index in [2.05, 4.69) is 0 Å². The first-order valence-corrected chi connectivity index (χ1v) is 6.51. The van der Waals surface area contributed by atoms with Crippen LogP contribution in [0.5, 0.6) is 0 Å². The molecule has 1 unspecified atom stereocenters. The molecule has 5 heteroatoms. The van der Waals surface area contributed by atoms with Crippen LogP contribution in [0.2, 0.25) is 0 Å². The zero-order valence-electron chi connectivity index (χ0n) is 11.3. The monoisotopic (exact) mass is 295 g/mol. The molecule has 0 amide bonds. The summed E-state index contributed by atoms with van der Waals surface area (Å²) >= 11 is 0. The molecule has 0 heterocycles. The number of aliphatic hydroxyl groups is 1. The summed E-state index contributed by atoms with van der Waals surface area (Å²) in [6.07, 6.45) is 0.109. The third-order valence-electron chi connectivity index (χ3n) is 3.60. The normalized spacial score (nSPS) is 14.0. The van der Waals surface area contributed by atoms with E-state index >= 15 is 0 Å². The quantitative estimate of drug-likeness (QED) is 0.890. The van der Waals surface area contributed by atoms with Gasteiger partial charge in [-0.1, -0.05) is 12.1 Å². The summed E-state index contributed by atoms with van der Waals surface area (Å²) < 4.78 is 40.0. The number of aliphatic hydroxyl groups excluding tert-OH is 1. The lowest BCUT2D eigenvalue weighted by Crippen LogP contribution is -2.41. The highest BCUT2D eigenvalue weighted by atomic mass is 19.1. The molecule has 0 aliphatic carbocycles. The number of rotatable bonds is 5. The molecule has 2 rings (SSSR count). The van der Waals surface area contributed by atoms with Gasteiger partial charge in [0, 0.05) is 18.0 Å². The number of benzene rings is 2. The Bertz CT molecular complexity index is 606. The average molecular weight is 295 g/mol. The fourth-order valence-corrected chi connectivity index (χ4v) is 2.43. The van der Waals surface area contributed by atoms with Crippen molar-refractivity contribution >= 4 is 0 Å². The van der Waals surface area contributed by atoms with E-state index in [1.807, 2.05) is 0 Å². The minimum Gasteiger partial charge on any atom is -0.395 e. The van der Waals surface area contributed by atoms with Gasteiger partial charge in [-0.2, -0.15) is 0 Å². The fourth-order valence-electron chi connectivity index (χ4n) is 2.43. The van der Waals surface area contributed by atoms with E-state index in [-0.39, 0.29) is 19.6 Å². The number of hydrogen-bond acceptors (Lipinski definition) is 2. The van der Waals surface area contributed by atoms with Crippen LogP contribution in [0.1, 0.15) is 11.1 Å². The molecule has 0 aliphatic heterocycles. The van der Waals surface area contributed by atoms with Gasteiger partial charge in [-0.05, 0) is 41.8 Å². The first-order valence-electron chi connectivity index (χ1n) is 6.51. The Morgan fingerprint density at radius 2 is 1.62 bits per heavy atom. The summed E-state index contributed by atoms with van der Waals surface area (Å²) in [6.45, 7) is -0.337. The van der Waals surface area contributed by atoms with Crippen LogP contribution in [0.15, 0.2) is 42.5 Å². The van der Waals surface area contributed by atoms with Crippen molar-refractivity contribution in [2.24, 2.45) is 5.73 Å². The molecule has 2 aromatic rings. The molecule has 1 atom stereocenters. The molecule has 2 aromatic carbocycles. The second-order valence-corrected chi connectivity index (χ2v) is 5.11. The molecule has 0 bridgehead atoms. The van der Waals surface area contributed by atoms with Gasteiger partial charge in [0.1, 0.15) is 17.5 Å². The van der Waals surface area contributed by atoms with Gasteiger partial charge < -0.3 is 10.8 Å². The maximum Gasteiger partial charge on any atom is 0.126 e. The maximum atomic E-state index is 13.4. The van der Waals surface area contributed by atoms with E-state index in [0.717, 1.165) is 6.07 Å². The Hall–Kier alpha value is -1.85. The summed E-state index contributed by atoms with van der Waals surface area (Å²) in [4.78, 5) is 0. The summed E-state index contributed by atoms with van der Waals surface area (Å²) in [6, 6.07) is 8.85. The molecule has 0 aliphatic rings. The van der Waals surface area contributed by atoms with Gasteiger partial charge in [0.2, 0.25) is 0 Å². The summed E-state index contributed by atoms with van der Waals surface area (Å²) in [7, 11) is 0. The molecule has 0 radical (unpaired) electrons. The van der Waals surface area contributed by atoms with Crippen molar-refractivity contribution in [3.05, 3.63) is 71.0 Å². The topological polar surface area (TPSA) is 46.2 Å². The van der Waals surface area contributed by atoms with Gasteiger partial charge in [0.15, 0.2) is 0 Å². The van der Waals surface area contributed by atoms with E-state index < -0.39 is 22.9 Å². The second kappa shape index (κ2) is 6.28. The van der Waals surface area contributed by atoms with E-state index in [9.17, 15) is 18.3 Å². The zero-order chi connectivity index (χ0) is 15.5. The Labute approximate surface area is 121 Å². The fraction of sp³-hybridized carbons (Fsp3) is 0.250. The Kier molecular flexibility index (Phi) is 4.65. The number of hydrogen-bond donors (Lipinski definition) is 2. The second-order valence-electron chi connectivity index (χ2n) is 5.11. The molecule has 112 valence electrons. The smallest absolute Gasteiger partial charge is 0.126 e. The van der Waals surface area contributed by atoms with Crippen LogP contribution in [-0.2, 0) is 11.8 Å². The largest absolute Gasteiger partial charge is 0.395 e. The Morgan fingerprint density at radius 3 is 2.14 bits per heavy atom. The van der Waals surface area contributed by atoms with Gasteiger partial charge >= 0.3 is 0 Å². The molecule has 0 saturated carbocycles. The van der Waals surface area contributed by atoms with E-state index in [4.69, 9.17) is 5.73 Å². The third-order valence-corrected chi connectivity index (χ3v) is 3.60. The van der Waals surface area contributed by atoms with Crippen molar-refractivity contribution in [2.45, 2.75) is 11.8 Å². The molecule has 0 spiro atoms. The summed E-state index contributed by atoms with van der Waals surface area (Å²) in [5.41, 5.74) is 5.63. The SMILES string of the molecule is NCC(CO)(Cc1cc(F)cc(F)c1)c1cccc(F)c1. The lowest BCUT2D eigenvalue weighted by molar-refractivity contribution is 0.195. The van der Waals surface area contributed by atoms with Crippen molar-refractivity contribution in [1.29, 1.82) is 0 Å². The van der Waals surface area contributed by atoms with Gasteiger partial charge in [-0.15, -0.1) is 0 Å². The van der Waals surface area contributed by atoms with E-state index in [0.29, 0.717) is 11.1 Å². The van der Waals surface area contributed by atoms with Crippen LogP contribution in [0, 0.1) is 17.5 Å². The van der Waals surface area contributed by atoms with Crippen molar-refractivity contribution in [3.8, 4) is 0 Å². The highest BCUT2D eigenvalue weighted by molar-refractivity contribution is 5.31. The highest BCUT2D eigenvalue weighted by Gasteiger charge is 2.31. The summed E-state index contributed by atoms with van der Waals surface area (Å²) in [5, 5.41) is 9.73. The molecule has 0 aromatic heterocycles. The molecule has 2 nitrogen and oxygen atoms in total. The van der Waals surface area contributed by atoms with Crippen LogP contribution < -0.4 is 5.73 Å². The molecule has 0 saturated heterocycles. The maximum absolute atomic E-state index is 13.4.